The number of nitrogens with two attached hydrogens (primary N) is 1. The molecule has 0 fully saturated rings. The van der Waals surface area contributed by atoms with Crippen molar-refractivity contribution in [1.29, 1.82) is 0 Å². The Bertz CT molecular complexity index is 309. The largest absolute Gasteiger partial charge is 0.330 e. The lowest BCUT2D eigenvalue weighted by atomic mass is 9.89. The fourth-order valence-electron chi connectivity index (χ4n) is 1.61. The second-order valence-electron chi connectivity index (χ2n) is 4.09. The molecule has 0 spiro atoms. The van der Waals surface area contributed by atoms with Gasteiger partial charge in [-0.2, -0.15) is 0 Å². The highest BCUT2D eigenvalue weighted by atomic mass is 16.1. The zero-order valence-electron chi connectivity index (χ0n) is 9.31. The van der Waals surface area contributed by atoms with Gasteiger partial charge in [-0.05, 0) is 17.5 Å². The molecule has 0 aliphatic rings. The van der Waals surface area contributed by atoms with Gasteiger partial charge in [-0.3, -0.25) is 9.78 Å². The first-order valence-electron chi connectivity index (χ1n) is 5.26. The Morgan fingerprint density at radius 1 is 1.53 bits per heavy atom. The maximum absolute atomic E-state index is 11.9. The van der Waals surface area contributed by atoms with Crippen molar-refractivity contribution in [3.63, 3.8) is 0 Å². The van der Waals surface area contributed by atoms with Crippen LogP contribution in [0.2, 0.25) is 0 Å². The SMILES string of the molecule is CC(C)C(CN)C(=O)Cc1cccnc1. The fraction of sp³-hybridized carbons (Fsp3) is 0.500. The molecule has 0 aliphatic carbocycles. The Morgan fingerprint density at radius 3 is 2.73 bits per heavy atom. The monoisotopic (exact) mass is 206 g/mol. The van der Waals surface area contributed by atoms with Gasteiger partial charge in [0.1, 0.15) is 5.78 Å². The van der Waals surface area contributed by atoms with Crippen LogP contribution in [0.25, 0.3) is 0 Å². The third-order valence-corrected chi connectivity index (χ3v) is 2.57. The maximum atomic E-state index is 11.9. The molecule has 1 aromatic rings. The molecular formula is C12H18N2O. The van der Waals surface area contributed by atoms with Crippen molar-refractivity contribution in [2.75, 3.05) is 6.54 Å². The summed E-state index contributed by atoms with van der Waals surface area (Å²) >= 11 is 0. The van der Waals surface area contributed by atoms with Crippen LogP contribution >= 0.6 is 0 Å². The molecule has 0 saturated carbocycles. The van der Waals surface area contributed by atoms with Crippen molar-refractivity contribution >= 4 is 5.78 Å². The van der Waals surface area contributed by atoms with E-state index in [1.54, 1.807) is 12.4 Å². The molecule has 0 radical (unpaired) electrons. The summed E-state index contributed by atoms with van der Waals surface area (Å²) in [5.41, 5.74) is 6.55. The third-order valence-electron chi connectivity index (χ3n) is 2.57. The molecule has 0 bridgehead atoms. The molecule has 0 saturated heterocycles. The van der Waals surface area contributed by atoms with E-state index >= 15 is 0 Å². The Morgan fingerprint density at radius 2 is 2.27 bits per heavy atom. The number of nitrogens with zero attached hydrogens (tertiary/aromatic N) is 1. The molecule has 1 unspecified atom stereocenters. The Labute approximate surface area is 90.7 Å². The summed E-state index contributed by atoms with van der Waals surface area (Å²) in [6.45, 7) is 4.48. The summed E-state index contributed by atoms with van der Waals surface area (Å²) in [6.07, 6.45) is 3.87. The van der Waals surface area contributed by atoms with Crippen LogP contribution in [0.4, 0.5) is 0 Å². The minimum atomic E-state index is -0.0368. The normalized spacial score (nSPS) is 12.8. The number of hydrogen-bond donors (Lipinski definition) is 1. The molecular weight excluding hydrogens is 188 g/mol. The fourth-order valence-corrected chi connectivity index (χ4v) is 1.61. The Hall–Kier alpha value is -1.22. The lowest BCUT2D eigenvalue weighted by Gasteiger charge is -2.17. The van der Waals surface area contributed by atoms with E-state index < -0.39 is 0 Å². The number of carbonyl (C=O) groups excluding carboxylic acids is 1. The lowest BCUT2D eigenvalue weighted by molar-refractivity contribution is -0.123. The lowest BCUT2D eigenvalue weighted by Crippen LogP contribution is -2.29. The highest BCUT2D eigenvalue weighted by Crippen LogP contribution is 2.13. The van der Waals surface area contributed by atoms with Crippen molar-refractivity contribution in [2.24, 2.45) is 17.6 Å². The van der Waals surface area contributed by atoms with E-state index in [4.69, 9.17) is 5.73 Å². The molecule has 0 amide bonds. The quantitative estimate of drug-likeness (QED) is 0.792. The van der Waals surface area contributed by atoms with E-state index in [0.29, 0.717) is 18.9 Å². The zero-order valence-corrected chi connectivity index (χ0v) is 9.31. The number of aromatic nitrogens is 1. The second kappa shape index (κ2) is 5.61. The van der Waals surface area contributed by atoms with E-state index in [-0.39, 0.29) is 11.7 Å². The Balaban J connectivity index is 2.62. The van der Waals surface area contributed by atoms with Gasteiger partial charge in [-0.1, -0.05) is 19.9 Å². The topological polar surface area (TPSA) is 56.0 Å². The Kier molecular flexibility index (Phi) is 4.43. The van der Waals surface area contributed by atoms with Crippen molar-refractivity contribution in [2.45, 2.75) is 20.3 Å². The van der Waals surface area contributed by atoms with Crippen LogP contribution in [0.15, 0.2) is 24.5 Å². The number of carbonyl (C=O) groups is 1. The van der Waals surface area contributed by atoms with E-state index in [1.165, 1.54) is 0 Å². The number of ketones is 1. The van der Waals surface area contributed by atoms with Crippen LogP contribution in [0.5, 0.6) is 0 Å². The molecule has 2 N–H and O–H groups in total. The van der Waals surface area contributed by atoms with E-state index in [1.807, 2.05) is 26.0 Å². The van der Waals surface area contributed by atoms with Crippen molar-refractivity contribution in [1.82, 2.24) is 4.98 Å². The molecule has 1 heterocycles. The van der Waals surface area contributed by atoms with Gasteiger partial charge >= 0.3 is 0 Å². The molecule has 3 heteroatoms. The van der Waals surface area contributed by atoms with Crippen LogP contribution in [0.3, 0.4) is 0 Å². The standard InChI is InChI=1S/C12H18N2O/c1-9(2)11(7-13)12(15)6-10-4-3-5-14-8-10/h3-5,8-9,11H,6-7,13H2,1-2H3. The van der Waals surface area contributed by atoms with Gasteiger partial charge in [0.15, 0.2) is 0 Å². The second-order valence-corrected chi connectivity index (χ2v) is 4.09. The van der Waals surface area contributed by atoms with Gasteiger partial charge in [0, 0.05) is 31.3 Å². The van der Waals surface area contributed by atoms with Crippen LogP contribution in [0.1, 0.15) is 19.4 Å². The molecule has 15 heavy (non-hydrogen) atoms. The molecule has 1 rings (SSSR count). The first-order chi connectivity index (χ1) is 7.15. The smallest absolute Gasteiger partial charge is 0.141 e. The predicted molar refractivity (Wildman–Crippen MR) is 60.3 cm³/mol. The van der Waals surface area contributed by atoms with Gasteiger partial charge in [-0.15, -0.1) is 0 Å². The van der Waals surface area contributed by atoms with Crippen LogP contribution in [-0.2, 0) is 11.2 Å². The van der Waals surface area contributed by atoms with E-state index in [9.17, 15) is 4.79 Å². The van der Waals surface area contributed by atoms with Crippen molar-refractivity contribution in [3.05, 3.63) is 30.1 Å². The maximum Gasteiger partial charge on any atom is 0.141 e. The van der Waals surface area contributed by atoms with Gasteiger partial charge in [0.25, 0.3) is 0 Å². The molecule has 1 atom stereocenters. The highest BCUT2D eigenvalue weighted by molar-refractivity contribution is 5.83. The summed E-state index contributed by atoms with van der Waals surface area (Å²) in [5.74, 6) is 0.477. The predicted octanol–water partition coefficient (Wildman–Crippen LogP) is 1.42. The molecule has 0 aromatic carbocycles. The first-order valence-corrected chi connectivity index (χ1v) is 5.26. The van der Waals surface area contributed by atoms with Gasteiger partial charge in [-0.25, -0.2) is 0 Å². The minimum Gasteiger partial charge on any atom is -0.330 e. The number of pyridine rings is 1. The molecule has 82 valence electrons. The molecule has 1 aromatic heterocycles. The highest BCUT2D eigenvalue weighted by Gasteiger charge is 2.20. The van der Waals surface area contributed by atoms with Crippen LogP contribution in [0, 0.1) is 11.8 Å². The summed E-state index contributed by atoms with van der Waals surface area (Å²) < 4.78 is 0. The number of rotatable bonds is 5. The molecule has 3 nitrogen and oxygen atoms in total. The van der Waals surface area contributed by atoms with Crippen molar-refractivity contribution in [3.8, 4) is 0 Å². The minimum absolute atomic E-state index is 0.0368. The van der Waals surface area contributed by atoms with Crippen LogP contribution < -0.4 is 5.73 Å². The van der Waals surface area contributed by atoms with Gasteiger partial charge in [0.05, 0.1) is 0 Å². The van der Waals surface area contributed by atoms with E-state index in [2.05, 4.69) is 4.98 Å². The van der Waals surface area contributed by atoms with Crippen LogP contribution in [-0.4, -0.2) is 17.3 Å². The average Bonchev–Trinajstić information content (AvgIpc) is 2.19. The summed E-state index contributed by atoms with van der Waals surface area (Å²) in [5, 5.41) is 0. The van der Waals surface area contributed by atoms with Gasteiger partial charge < -0.3 is 5.73 Å². The first kappa shape index (κ1) is 11.9. The summed E-state index contributed by atoms with van der Waals surface area (Å²) in [4.78, 5) is 15.9. The van der Waals surface area contributed by atoms with Crippen molar-refractivity contribution < 1.29 is 4.79 Å². The average molecular weight is 206 g/mol. The molecule has 0 aliphatic heterocycles. The number of Topliss-reactive ketones (excluding diaryl/α,β-unsaturated/α-hetero) is 1. The third kappa shape index (κ3) is 3.44. The zero-order chi connectivity index (χ0) is 11.3. The summed E-state index contributed by atoms with van der Waals surface area (Å²) in [7, 11) is 0. The van der Waals surface area contributed by atoms with E-state index in [0.717, 1.165) is 5.56 Å². The van der Waals surface area contributed by atoms with Gasteiger partial charge in [0.2, 0.25) is 0 Å². The number of hydrogen-bond acceptors (Lipinski definition) is 3. The summed E-state index contributed by atoms with van der Waals surface area (Å²) in [6, 6.07) is 3.76.